The Labute approximate surface area is 118 Å². The number of para-hydroxylation sites is 1. The fourth-order valence-corrected chi connectivity index (χ4v) is 3.80. The van der Waals surface area contributed by atoms with E-state index in [0.29, 0.717) is 18.9 Å². The molecule has 20 heavy (non-hydrogen) atoms. The monoisotopic (exact) mass is 269 g/mol. The molecule has 2 aliphatic rings. The van der Waals surface area contributed by atoms with E-state index in [-0.39, 0.29) is 5.97 Å². The Kier molecular flexibility index (Phi) is 2.62. The molecule has 2 aromatic rings. The summed E-state index contributed by atoms with van der Waals surface area (Å²) in [6.45, 7) is 3.42. The van der Waals surface area contributed by atoms with Crippen LogP contribution in [0.25, 0.3) is 10.9 Å². The second kappa shape index (κ2) is 4.37. The van der Waals surface area contributed by atoms with Crippen molar-refractivity contribution in [1.82, 2.24) is 4.57 Å². The number of carbonyl (C=O) groups excluding carboxylic acids is 1. The van der Waals surface area contributed by atoms with E-state index in [4.69, 9.17) is 4.74 Å². The molecule has 0 bridgehead atoms. The SMILES string of the molecule is CCOC(=O)Cc1c2n(c3ccccc13)CCC1CC21. The predicted molar refractivity (Wildman–Crippen MR) is 77.7 cm³/mol. The average molecular weight is 269 g/mol. The molecule has 0 saturated heterocycles. The van der Waals surface area contributed by atoms with E-state index in [2.05, 4.69) is 28.8 Å². The first-order valence-electron chi connectivity index (χ1n) is 7.55. The van der Waals surface area contributed by atoms with Crippen LogP contribution in [-0.4, -0.2) is 17.1 Å². The molecule has 2 atom stereocenters. The van der Waals surface area contributed by atoms with Crippen LogP contribution < -0.4 is 0 Å². The van der Waals surface area contributed by atoms with E-state index in [9.17, 15) is 4.79 Å². The van der Waals surface area contributed by atoms with Crippen molar-refractivity contribution in [2.75, 3.05) is 6.61 Å². The van der Waals surface area contributed by atoms with Crippen LogP contribution in [0.3, 0.4) is 0 Å². The highest BCUT2D eigenvalue weighted by atomic mass is 16.5. The smallest absolute Gasteiger partial charge is 0.310 e. The largest absolute Gasteiger partial charge is 0.466 e. The van der Waals surface area contributed by atoms with Crippen molar-refractivity contribution in [3.8, 4) is 0 Å². The van der Waals surface area contributed by atoms with Gasteiger partial charge in [-0.25, -0.2) is 0 Å². The molecule has 2 heterocycles. The topological polar surface area (TPSA) is 31.2 Å². The third kappa shape index (κ3) is 1.69. The quantitative estimate of drug-likeness (QED) is 0.801. The second-order valence-electron chi connectivity index (χ2n) is 5.91. The third-order valence-corrected chi connectivity index (χ3v) is 4.74. The molecule has 0 amide bonds. The van der Waals surface area contributed by atoms with Crippen LogP contribution in [0.5, 0.6) is 0 Å². The molecule has 0 radical (unpaired) electrons. The first kappa shape index (κ1) is 12.0. The van der Waals surface area contributed by atoms with Crippen LogP contribution in [0.1, 0.15) is 36.9 Å². The van der Waals surface area contributed by atoms with Gasteiger partial charge in [-0.2, -0.15) is 0 Å². The number of fused-ring (bicyclic) bond motifs is 5. The fourth-order valence-electron chi connectivity index (χ4n) is 3.80. The van der Waals surface area contributed by atoms with Crippen molar-refractivity contribution >= 4 is 16.9 Å². The second-order valence-corrected chi connectivity index (χ2v) is 5.91. The van der Waals surface area contributed by atoms with Gasteiger partial charge in [-0.3, -0.25) is 4.79 Å². The molecule has 3 heteroatoms. The Morgan fingerprint density at radius 2 is 2.25 bits per heavy atom. The standard InChI is InChI=1S/C17H19NO2/c1-2-20-16(19)10-14-12-5-3-4-6-15(12)18-8-7-11-9-13(11)17(14)18/h3-6,11,13H,2,7-10H2,1H3. The maximum absolute atomic E-state index is 11.9. The Morgan fingerprint density at radius 3 is 3.10 bits per heavy atom. The number of carbonyl (C=O) groups is 1. The summed E-state index contributed by atoms with van der Waals surface area (Å²) in [6, 6.07) is 8.47. The molecule has 1 aliphatic heterocycles. The molecule has 3 nitrogen and oxygen atoms in total. The van der Waals surface area contributed by atoms with E-state index in [1.807, 2.05) is 6.92 Å². The summed E-state index contributed by atoms with van der Waals surface area (Å²) in [6.07, 6.45) is 3.00. The summed E-state index contributed by atoms with van der Waals surface area (Å²) >= 11 is 0. The predicted octanol–water partition coefficient (Wildman–Crippen LogP) is 3.25. The number of aryl methyl sites for hydroxylation is 1. The minimum Gasteiger partial charge on any atom is -0.466 e. The van der Waals surface area contributed by atoms with Gasteiger partial charge in [-0.15, -0.1) is 0 Å². The molecule has 0 N–H and O–H groups in total. The Morgan fingerprint density at radius 1 is 1.40 bits per heavy atom. The zero-order chi connectivity index (χ0) is 13.7. The van der Waals surface area contributed by atoms with E-state index < -0.39 is 0 Å². The molecule has 1 aromatic carbocycles. The normalized spacial score (nSPS) is 23.2. The molecule has 104 valence electrons. The van der Waals surface area contributed by atoms with Crippen LogP contribution in [0.15, 0.2) is 24.3 Å². The van der Waals surface area contributed by atoms with E-state index in [0.717, 1.165) is 12.5 Å². The van der Waals surface area contributed by atoms with Crippen molar-refractivity contribution in [1.29, 1.82) is 0 Å². The molecule has 4 rings (SSSR count). The molecular weight excluding hydrogens is 250 g/mol. The first-order chi connectivity index (χ1) is 9.79. The minimum atomic E-state index is -0.102. The lowest BCUT2D eigenvalue weighted by molar-refractivity contribution is -0.142. The van der Waals surface area contributed by atoms with Crippen molar-refractivity contribution < 1.29 is 9.53 Å². The number of benzene rings is 1. The van der Waals surface area contributed by atoms with Crippen molar-refractivity contribution in [3.05, 3.63) is 35.5 Å². The van der Waals surface area contributed by atoms with Gasteiger partial charge in [-0.1, -0.05) is 18.2 Å². The highest BCUT2D eigenvalue weighted by Gasteiger charge is 2.45. The Bertz CT molecular complexity index is 686. The number of aromatic nitrogens is 1. The van der Waals surface area contributed by atoms with Gasteiger partial charge >= 0.3 is 5.97 Å². The Balaban J connectivity index is 1.86. The van der Waals surface area contributed by atoms with Gasteiger partial charge in [-0.05, 0) is 37.3 Å². The van der Waals surface area contributed by atoms with Crippen molar-refractivity contribution in [2.24, 2.45) is 5.92 Å². The highest BCUT2D eigenvalue weighted by Crippen LogP contribution is 2.55. The maximum Gasteiger partial charge on any atom is 0.310 e. The number of rotatable bonds is 3. The lowest BCUT2D eigenvalue weighted by atomic mass is 10.0. The minimum absolute atomic E-state index is 0.102. The van der Waals surface area contributed by atoms with Gasteiger partial charge in [0, 0.05) is 29.1 Å². The van der Waals surface area contributed by atoms with Crippen LogP contribution in [0.4, 0.5) is 0 Å². The summed E-state index contributed by atoms with van der Waals surface area (Å²) in [5.41, 5.74) is 3.91. The molecule has 1 fully saturated rings. The summed E-state index contributed by atoms with van der Waals surface area (Å²) < 4.78 is 7.60. The average Bonchev–Trinajstić information content (AvgIpc) is 3.18. The van der Waals surface area contributed by atoms with E-state index in [1.54, 1.807) is 0 Å². The van der Waals surface area contributed by atoms with Crippen molar-refractivity contribution in [3.63, 3.8) is 0 Å². The summed E-state index contributed by atoms with van der Waals surface area (Å²) in [7, 11) is 0. The molecule has 0 spiro atoms. The van der Waals surface area contributed by atoms with Crippen LogP contribution >= 0.6 is 0 Å². The third-order valence-electron chi connectivity index (χ3n) is 4.74. The number of nitrogens with zero attached hydrogens (tertiary/aromatic N) is 1. The first-order valence-corrected chi connectivity index (χ1v) is 7.55. The van der Waals surface area contributed by atoms with Crippen LogP contribution in [0.2, 0.25) is 0 Å². The zero-order valence-electron chi connectivity index (χ0n) is 11.8. The number of hydrogen-bond donors (Lipinski definition) is 0. The lowest BCUT2D eigenvalue weighted by Crippen LogP contribution is -2.13. The van der Waals surface area contributed by atoms with E-state index in [1.165, 1.54) is 35.0 Å². The van der Waals surface area contributed by atoms with Gasteiger partial charge in [0.05, 0.1) is 13.0 Å². The zero-order valence-corrected chi connectivity index (χ0v) is 11.8. The molecule has 1 saturated carbocycles. The summed E-state index contributed by atoms with van der Waals surface area (Å²) in [4.78, 5) is 11.9. The summed E-state index contributed by atoms with van der Waals surface area (Å²) in [5.74, 6) is 1.43. The lowest BCUT2D eigenvalue weighted by Gasteiger charge is -2.16. The molecular formula is C17H19NO2. The van der Waals surface area contributed by atoms with Gasteiger partial charge in [0.2, 0.25) is 0 Å². The molecule has 1 aromatic heterocycles. The number of ether oxygens (including phenoxy) is 1. The highest BCUT2D eigenvalue weighted by molar-refractivity contribution is 5.90. The van der Waals surface area contributed by atoms with Gasteiger partial charge in [0.25, 0.3) is 0 Å². The van der Waals surface area contributed by atoms with Crippen molar-refractivity contribution in [2.45, 2.75) is 38.6 Å². The van der Waals surface area contributed by atoms with Gasteiger partial charge < -0.3 is 9.30 Å². The molecule has 2 unspecified atom stereocenters. The van der Waals surface area contributed by atoms with Crippen LogP contribution in [0, 0.1) is 5.92 Å². The fraction of sp³-hybridized carbons (Fsp3) is 0.471. The maximum atomic E-state index is 11.9. The van der Waals surface area contributed by atoms with E-state index >= 15 is 0 Å². The number of hydrogen-bond acceptors (Lipinski definition) is 2. The van der Waals surface area contributed by atoms with Crippen LogP contribution in [-0.2, 0) is 22.5 Å². The summed E-state index contributed by atoms with van der Waals surface area (Å²) in [5, 5.41) is 1.24. The Hall–Kier alpha value is -1.77. The van der Waals surface area contributed by atoms with Gasteiger partial charge in [0.15, 0.2) is 0 Å². The number of esters is 1. The molecule has 1 aliphatic carbocycles. The van der Waals surface area contributed by atoms with Gasteiger partial charge in [0.1, 0.15) is 0 Å².